The zero-order valence-electron chi connectivity index (χ0n) is 5.64. The number of aromatic nitrogens is 1. The summed E-state index contributed by atoms with van der Waals surface area (Å²) >= 11 is 6.44. The molecule has 1 aromatic rings. The van der Waals surface area contributed by atoms with Crippen molar-refractivity contribution in [1.29, 1.82) is 0 Å². The van der Waals surface area contributed by atoms with Gasteiger partial charge in [0.15, 0.2) is 0 Å². The smallest absolute Gasteiger partial charge is 0.280 e. The van der Waals surface area contributed by atoms with Gasteiger partial charge in [-0.05, 0) is 24.6 Å². The number of nitrogens with zero attached hydrogens (tertiary/aromatic N) is 1. The largest absolute Gasteiger partial charge is 0.560 e. The second kappa shape index (κ2) is 7.98. The number of hydrogen-bond donors (Lipinski definition) is 0. The molecule has 0 saturated carbocycles. The van der Waals surface area contributed by atoms with E-state index in [1.165, 1.54) is 5.56 Å². The van der Waals surface area contributed by atoms with Crippen molar-refractivity contribution in [3.63, 3.8) is 0 Å². The van der Waals surface area contributed by atoms with Crippen LogP contribution in [0.1, 0.15) is 5.56 Å². The van der Waals surface area contributed by atoms with E-state index in [0.717, 1.165) is 0 Å². The molecule has 0 atom stereocenters. The van der Waals surface area contributed by atoms with Crippen molar-refractivity contribution < 1.29 is 0 Å². The van der Waals surface area contributed by atoms with Crippen LogP contribution in [-0.4, -0.2) is 21.0 Å². The molecule has 0 N–H and O–H groups in total. The Kier molecular flexibility index (Phi) is 8.68. The van der Waals surface area contributed by atoms with Crippen LogP contribution in [0.2, 0.25) is 0 Å². The Morgan fingerprint density at radius 2 is 2.20 bits per heavy atom. The quantitative estimate of drug-likeness (QED) is 0.663. The molecule has 0 bridgehead atoms. The van der Waals surface area contributed by atoms with Gasteiger partial charge in [0.1, 0.15) is 0 Å². The van der Waals surface area contributed by atoms with Gasteiger partial charge in [0.05, 0.1) is 6.20 Å². The lowest BCUT2D eigenvalue weighted by Crippen LogP contribution is -1.69. The van der Waals surface area contributed by atoms with Gasteiger partial charge in [-0.1, -0.05) is 0 Å². The highest BCUT2D eigenvalue weighted by molar-refractivity contribution is 9.47. The second-order valence-electron chi connectivity index (χ2n) is 1.56. The molecule has 0 aliphatic heterocycles. The molecule has 10 heavy (non-hydrogen) atoms. The lowest BCUT2D eigenvalue weighted by atomic mass is 10.3. The molecular formula is C6H6Br2MgN. The fourth-order valence-corrected chi connectivity index (χ4v) is 0.385. The van der Waals surface area contributed by atoms with Crippen LogP contribution in [0.5, 0.6) is 0 Å². The van der Waals surface area contributed by atoms with Crippen molar-refractivity contribution in [2.24, 2.45) is 0 Å². The van der Waals surface area contributed by atoms with Crippen LogP contribution >= 0.6 is 25.8 Å². The Balaban J connectivity index is 0.000000236. The summed E-state index contributed by atoms with van der Waals surface area (Å²) in [6.45, 7) is 2.01. The van der Waals surface area contributed by atoms with Crippen molar-refractivity contribution in [2.75, 3.05) is 0 Å². The molecule has 1 aromatic heterocycles. The van der Waals surface area contributed by atoms with Gasteiger partial charge in [0, 0.05) is 6.20 Å². The predicted octanol–water partition coefficient (Wildman–Crippen LogP) is 2.50. The van der Waals surface area contributed by atoms with Gasteiger partial charge in [-0.25, -0.2) is 0 Å². The first-order valence-electron chi connectivity index (χ1n) is 2.72. The van der Waals surface area contributed by atoms with E-state index in [1.807, 2.05) is 19.1 Å². The van der Waals surface area contributed by atoms with Crippen LogP contribution < -0.4 is 0 Å². The molecule has 0 unspecified atom stereocenters. The minimum absolute atomic E-state index is 0.0417. The highest BCUT2D eigenvalue weighted by atomic mass is 79.9. The van der Waals surface area contributed by atoms with Crippen molar-refractivity contribution >= 4 is 41.8 Å². The van der Waals surface area contributed by atoms with Crippen LogP contribution in [0.25, 0.3) is 0 Å². The number of aryl methyl sites for hydroxylation is 1. The zero-order valence-corrected chi connectivity index (χ0v) is 10.2. The Bertz CT molecular complexity index is 157. The van der Waals surface area contributed by atoms with E-state index in [-0.39, 0.29) is 16.0 Å². The van der Waals surface area contributed by atoms with Gasteiger partial charge < -0.3 is 0 Å². The molecule has 1 radical (unpaired) electrons. The summed E-state index contributed by atoms with van der Waals surface area (Å²) in [5.74, 6) is 0. The van der Waals surface area contributed by atoms with Crippen molar-refractivity contribution in [1.82, 2.24) is 4.98 Å². The molecule has 0 spiro atoms. The molecule has 1 heterocycles. The van der Waals surface area contributed by atoms with E-state index in [9.17, 15) is 0 Å². The topological polar surface area (TPSA) is 12.9 Å². The van der Waals surface area contributed by atoms with E-state index in [2.05, 4.69) is 36.9 Å². The predicted molar refractivity (Wildman–Crippen MR) is 51.4 cm³/mol. The minimum Gasteiger partial charge on any atom is -0.280 e. The SMILES string of the molecule is Cc1c[c]ncc1.[Br][Mg][Br]. The van der Waals surface area contributed by atoms with Crippen LogP contribution in [0.4, 0.5) is 0 Å². The van der Waals surface area contributed by atoms with Crippen molar-refractivity contribution in [2.45, 2.75) is 6.92 Å². The molecule has 1 rings (SSSR count). The number of rotatable bonds is 0. The van der Waals surface area contributed by atoms with Gasteiger partial charge in [0.2, 0.25) is 0 Å². The van der Waals surface area contributed by atoms with Gasteiger partial charge in [-0.15, -0.1) is 0 Å². The van der Waals surface area contributed by atoms with Gasteiger partial charge in [-0.2, -0.15) is 0 Å². The van der Waals surface area contributed by atoms with Gasteiger partial charge >= 0.3 is 16.0 Å². The molecule has 0 saturated heterocycles. The summed E-state index contributed by atoms with van der Waals surface area (Å²) in [5, 5.41) is 0. The third-order valence-corrected chi connectivity index (χ3v) is 0.779. The highest BCUT2D eigenvalue weighted by Crippen LogP contribution is 1.88. The Morgan fingerprint density at radius 3 is 2.40 bits per heavy atom. The van der Waals surface area contributed by atoms with Crippen LogP contribution in [0.15, 0.2) is 18.3 Å². The summed E-state index contributed by atoms with van der Waals surface area (Å²) < 4.78 is 0. The maximum absolute atomic E-state index is 3.72. The third kappa shape index (κ3) is 6.99. The molecule has 1 nitrogen and oxygen atoms in total. The lowest BCUT2D eigenvalue weighted by Gasteiger charge is -1.81. The maximum Gasteiger partial charge on any atom is 0.560 e. The van der Waals surface area contributed by atoms with Crippen LogP contribution in [0.3, 0.4) is 0 Å². The number of pyridine rings is 1. The monoisotopic (exact) mass is 274 g/mol. The average molecular weight is 276 g/mol. The van der Waals surface area contributed by atoms with E-state index in [4.69, 9.17) is 0 Å². The summed E-state index contributed by atoms with van der Waals surface area (Å²) in [7, 11) is 0. The van der Waals surface area contributed by atoms with E-state index < -0.39 is 0 Å². The van der Waals surface area contributed by atoms with E-state index in [0.29, 0.717) is 0 Å². The normalized spacial score (nSPS) is 7.10. The summed E-state index contributed by atoms with van der Waals surface area (Å²) in [5.41, 5.74) is 1.20. The summed E-state index contributed by atoms with van der Waals surface area (Å²) in [6.07, 6.45) is 4.44. The zero-order chi connectivity index (χ0) is 7.82. The molecule has 0 amide bonds. The average Bonchev–Trinajstić information content (AvgIpc) is 1.91. The minimum atomic E-state index is 0.0417. The molecule has 0 aliphatic carbocycles. The fraction of sp³-hybridized carbons (Fsp3) is 0.167. The second-order valence-corrected chi connectivity index (χ2v) is 9.64. The first kappa shape index (κ1) is 10.9. The molecule has 4 heteroatoms. The van der Waals surface area contributed by atoms with Gasteiger partial charge in [0.25, 0.3) is 0 Å². The highest BCUT2D eigenvalue weighted by Gasteiger charge is 1.73. The van der Waals surface area contributed by atoms with Crippen LogP contribution in [0, 0.1) is 13.1 Å². The summed E-state index contributed by atoms with van der Waals surface area (Å²) in [4.78, 5) is 3.72. The molecule has 0 fully saturated rings. The third-order valence-electron chi connectivity index (χ3n) is 0.779. The van der Waals surface area contributed by atoms with Crippen molar-refractivity contribution in [3.05, 3.63) is 30.1 Å². The summed E-state index contributed by atoms with van der Waals surface area (Å²) in [6, 6.07) is 3.79. The maximum atomic E-state index is 3.72. The van der Waals surface area contributed by atoms with E-state index >= 15 is 0 Å². The lowest BCUT2D eigenvalue weighted by molar-refractivity contribution is 1.27. The Labute approximate surface area is 83.1 Å². The van der Waals surface area contributed by atoms with E-state index in [1.54, 1.807) is 6.20 Å². The fourth-order valence-electron chi connectivity index (χ4n) is 0.385. The van der Waals surface area contributed by atoms with Crippen molar-refractivity contribution in [3.8, 4) is 0 Å². The van der Waals surface area contributed by atoms with Gasteiger partial charge in [-0.3, -0.25) is 30.8 Å². The Hall–Kier alpha value is 0.876. The number of hydrogen-bond acceptors (Lipinski definition) is 1. The molecule has 51 valence electrons. The first-order chi connectivity index (χ1) is 4.81. The van der Waals surface area contributed by atoms with Crippen LogP contribution in [-0.2, 0) is 0 Å². The molecular weight excluding hydrogens is 270 g/mol. The standard InChI is InChI=1S/C6H6N.2BrH.Mg/c1-6-2-4-7-5-3-6;;;/h2-4H,1H3;2*1H;/q;;;+2/p-2. The number of halogens is 2. The Morgan fingerprint density at radius 1 is 1.60 bits per heavy atom. The molecule has 0 aromatic carbocycles. The first-order valence-corrected chi connectivity index (χ1v) is 10.5. The molecule has 0 aliphatic rings.